The Kier molecular flexibility index (Phi) is 6.38. The van der Waals surface area contributed by atoms with Crippen LogP contribution in [0.25, 0.3) is 0 Å². The molecule has 0 saturated heterocycles. The minimum Gasteiger partial charge on any atom is -0.490 e. The van der Waals surface area contributed by atoms with E-state index in [1.807, 2.05) is 18.2 Å². The predicted molar refractivity (Wildman–Crippen MR) is 73.8 cm³/mol. The van der Waals surface area contributed by atoms with Gasteiger partial charge in [0.25, 0.3) is 0 Å². The van der Waals surface area contributed by atoms with Crippen molar-refractivity contribution >= 4 is 11.6 Å². The SMILES string of the molecule is CCNCc1cc(Cl)ccc1OC(CC)CC. The van der Waals surface area contributed by atoms with Crippen LogP contribution in [0.4, 0.5) is 0 Å². The molecule has 1 rings (SSSR count). The summed E-state index contributed by atoms with van der Waals surface area (Å²) in [6.07, 6.45) is 2.34. The van der Waals surface area contributed by atoms with E-state index in [9.17, 15) is 0 Å². The zero-order valence-corrected chi connectivity index (χ0v) is 11.7. The van der Waals surface area contributed by atoms with Crippen LogP contribution >= 0.6 is 11.6 Å². The van der Waals surface area contributed by atoms with Crippen molar-refractivity contribution in [3.8, 4) is 5.75 Å². The van der Waals surface area contributed by atoms with Gasteiger partial charge in [0.15, 0.2) is 0 Å². The Morgan fingerprint density at radius 3 is 2.53 bits per heavy atom. The summed E-state index contributed by atoms with van der Waals surface area (Å²) in [7, 11) is 0. The molecule has 0 unspecified atom stereocenters. The summed E-state index contributed by atoms with van der Waals surface area (Å²) >= 11 is 6.02. The van der Waals surface area contributed by atoms with E-state index in [0.717, 1.165) is 42.3 Å². The van der Waals surface area contributed by atoms with Crippen molar-refractivity contribution in [2.75, 3.05) is 6.54 Å². The van der Waals surface area contributed by atoms with E-state index in [4.69, 9.17) is 16.3 Å². The van der Waals surface area contributed by atoms with E-state index in [0.29, 0.717) is 0 Å². The van der Waals surface area contributed by atoms with E-state index < -0.39 is 0 Å². The first-order chi connectivity index (χ1) is 8.21. The zero-order valence-electron chi connectivity index (χ0n) is 10.9. The second-order valence-electron chi connectivity index (χ2n) is 4.09. The number of halogens is 1. The standard InChI is InChI=1S/C14H22ClNO/c1-4-13(5-2)17-14-8-7-12(15)9-11(14)10-16-6-3/h7-9,13,16H,4-6,10H2,1-3H3. The molecule has 0 atom stereocenters. The summed E-state index contributed by atoms with van der Waals surface area (Å²) < 4.78 is 6.00. The summed E-state index contributed by atoms with van der Waals surface area (Å²) in [5.41, 5.74) is 1.13. The second-order valence-corrected chi connectivity index (χ2v) is 4.53. The molecule has 17 heavy (non-hydrogen) atoms. The normalized spacial score (nSPS) is 10.9. The van der Waals surface area contributed by atoms with Crippen LogP contribution in [0.15, 0.2) is 18.2 Å². The maximum absolute atomic E-state index is 6.02. The van der Waals surface area contributed by atoms with Gasteiger partial charge in [0, 0.05) is 17.1 Å². The van der Waals surface area contributed by atoms with E-state index >= 15 is 0 Å². The molecule has 2 nitrogen and oxygen atoms in total. The van der Waals surface area contributed by atoms with Gasteiger partial charge in [0.1, 0.15) is 5.75 Å². The topological polar surface area (TPSA) is 21.3 Å². The van der Waals surface area contributed by atoms with E-state index in [2.05, 4.69) is 26.1 Å². The van der Waals surface area contributed by atoms with Gasteiger partial charge in [-0.15, -0.1) is 0 Å². The highest BCUT2D eigenvalue weighted by atomic mass is 35.5. The van der Waals surface area contributed by atoms with Crippen LogP contribution in [-0.4, -0.2) is 12.6 Å². The van der Waals surface area contributed by atoms with Crippen molar-refractivity contribution in [2.24, 2.45) is 0 Å². The Labute approximate surface area is 109 Å². The van der Waals surface area contributed by atoms with Crippen LogP contribution in [-0.2, 0) is 6.54 Å². The van der Waals surface area contributed by atoms with Crippen molar-refractivity contribution in [3.05, 3.63) is 28.8 Å². The van der Waals surface area contributed by atoms with Crippen molar-refractivity contribution in [1.29, 1.82) is 0 Å². The Morgan fingerprint density at radius 2 is 1.94 bits per heavy atom. The first kappa shape index (κ1) is 14.3. The van der Waals surface area contributed by atoms with E-state index in [1.54, 1.807) is 0 Å². The average molecular weight is 256 g/mol. The zero-order chi connectivity index (χ0) is 12.7. The highest BCUT2D eigenvalue weighted by Crippen LogP contribution is 2.25. The number of ether oxygens (including phenoxy) is 1. The molecule has 0 amide bonds. The molecule has 0 aliphatic heterocycles. The molecule has 0 fully saturated rings. The maximum atomic E-state index is 6.02. The molecular weight excluding hydrogens is 234 g/mol. The molecule has 0 radical (unpaired) electrons. The number of nitrogens with one attached hydrogen (secondary N) is 1. The third kappa shape index (κ3) is 4.57. The summed E-state index contributed by atoms with van der Waals surface area (Å²) in [4.78, 5) is 0. The van der Waals surface area contributed by atoms with Crippen molar-refractivity contribution < 1.29 is 4.74 Å². The van der Waals surface area contributed by atoms with Crippen LogP contribution < -0.4 is 10.1 Å². The van der Waals surface area contributed by atoms with Gasteiger partial charge >= 0.3 is 0 Å². The molecule has 0 saturated carbocycles. The first-order valence-corrected chi connectivity index (χ1v) is 6.74. The molecule has 0 bridgehead atoms. The number of rotatable bonds is 7. The second kappa shape index (κ2) is 7.57. The van der Waals surface area contributed by atoms with Gasteiger partial charge in [-0.2, -0.15) is 0 Å². The Balaban J connectivity index is 2.81. The lowest BCUT2D eigenvalue weighted by molar-refractivity contribution is 0.190. The summed E-state index contributed by atoms with van der Waals surface area (Å²) in [5, 5.41) is 4.06. The Bertz CT molecular complexity index is 337. The molecule has 0 spiro atoms. The maximum Gasteiger partial charge on any atom is 0.124 e. The van der Waals surface area contributed by atoms with Gasteiger partial charge in [0.05, 0.1) is 6.10 Å². The van der Waals surface area contributed by atoms with Crippen molar-refractivity contribution in [2.45, 2.75) is 46.3 Å². The molecule has 3 heteroatoms. The largest absolute Gasteiger partial charge is 0.490 e. The summed E-state index contributed by atoms with van der Waals surface area (Å²) in [5.74, 6) is 0.948. The average Bonchev–Trinajstić information content (AvgIpc) is 2.35. The lowest BCUT2D eigenvalue weighted by Gasteiger charge is -2.18. The third-order valence-electron chi connectivity index (χ3n) is 2.79. The summed E-state index contributed by atoms with van der Waals surface area (Å²) in [6, 6.07) is 5.82. The van der Waals surface area contributed by atoms with Gasteiger partial charge < -0.3 is 10.1 Å². The number of hydrogen-bond donors (Lipinski definition) is 1. The lowest BCUT2D eigenvalue weighted by Crippen LogP contribution is -2.17. The van der Waals surface area contributed by atoms with Crippen LogP contribution in [0.2, 0.25) is 5.02 Å². The highest BCUT2D eigenvalue weighted by molar-refractivity contribution is 6.30. The fourth-order valence-corrected chi connectivity index (χ4v) is 1.89. The van der Waals surface area contributed by atoms with E-state index in [-0.39, 0.29) is 6.10 Å². The number of benzene rings is 1. The van der Waals surface area contributed by atoms with Crippen LogP contribution in [0.3, 0.4) is 0 Å². The molecule has 0 aliphatic rings. The first-order valence-electron chi connectivity index (χ1n) is 6.37. The molecule has 1 aromatic carbocycles. The minimum absolute atomic E-state index is 0.288. The molecule has 0 aromatic heterocycles. The van der Waals surface area contributed by atoms with Gasteiger partial charge in [0.2, 0.25) is 0 Å². The fourth-order valence-electron chi connectivity index (χ4n) is 1.70. The molecule has 1 N–H and O–H groups in total. The van der Waals surface area contributed by atoms with Crippen molar-refractivity contribution in [1.82, 2.24) is 5.32 Å². The monoisotopic (exact) mass is 255 g/mol. The molecule has 1 aromatic rings. The molecule has 96 valence electrons. The minimum atomic E-state index is 0.288. The molecular formula is C14H22ClNO. The summed E-state index contributed by atoms with van der Waals surface area (Å²) in [6.45, 7) is 8.12. The van der Waals surface area contributed by atoms with Crippen LogP contribution in [0.1, 0.15) is 39.2 Å². The number of hydrogen-bond acceptors (Lipinski definition) is 2. The third-order valence-corrected chi connectivity index (χ3v) is 3.03. The van der Waals surface area contributed by atoms with Gasteiger partial charge in [-0.05, 0) is 37.6 Å². The van der Waals surface area contributed by atoms with Gasteiger partial charge in [-0.25, -0.2) is 0 Å². The lowest BCUT2D eigenvalue weighted by atomic mass is 10.1. The quantitative estimate of drug-likeness (QED) is 0.795. The highest BCUT2D eigenvalue weighted by Gasteiger charge is 2.09. The van der Waals surface area contributed by atoms with Gasteiger partial charge in [-0.1, -0.05) is 32.4 Å². The van der Waals surface area contributed by atoms with Gasteiger partial charge in [-0.3, -0.25) is 0 Å². The van der Waals surface area contributed by atoms with Crippen LogP contribution in [0.5, 0.6) is 5.75 Å². The Hall–Kier alpha value is -0.730. The molecule has 0 aliphatic carbocycles. The fraction of sp³-hybridized carbons (Fsp3) is 0.571. The smallest absolute Gasteiger partial charge is 0.124 e. The van der Waals surface area contributed by atoms with Crippen LogP contribution in [0, 0.1) is 0 Å². The molecule has 0 heterocycles. The van der Waals surface area contributed by atoms with E-state index in [1.165, 1.54) is 0 Å². The predicted octanol–water partition coefficient (Wildman–Crippen LogP) is 4.02. The Morgan fingerprint density at radius 1 is 1.24 bits per heavy atom. The van der Waals surface area contributed by atoms with Crippen molar-refractivity contribution in [3.63, 3.8) is 0 Å².